The molecule has 3 aromatic rings. The van der Waals surface area contributed by atoms with Crippen LogP contribution in [0.4, 0.5) is 23.2 Å². The molecule has 1 aliphatic heterocycles. The minimum absolute atomic E-state index is 0.0367. The quantitative estimate of drug-likeness (QED) is 0.330. The van der Waals surface area contributed by atoms with Gasteiger partial charge < -0.3 is 15.2 Å². The lowest BCUT2D eigenvalue weighted by atomic mass is 9.81. The van der Waals surface area contributed by atoms with E-state index in [-0.39, 0.29) is 52.4 Å². The molecule has 0 radical (unpaired) electrons. The van der Waals surface area contributed by atoms with E-state index in [4.69, 9.17) is 15.2 Å². The highest BCUT2D eigenvalue weighted by Gasteiger charge is 2.43. The van der Waals surface area contributed by atoms with Crippen molar-refractivity contribution in [1.29, 1.82) is 5.26 Å². The summed E-state index contributed by atoms with van der Waals surface area (Å²) in [6.07, 6.45) is -3.09. The molecule has 2 N–H and O–H groups in total. The molecule has 1 unspecified atom stereocenters. The second-order valence-electron chi connectivity index (χ2n) is 9.86. The number of benzene rings is 2. The summed E-state index contributed by atoms with van der Waals surface area (Å²) in [5, 5.41) is 13.9. The molecule has 43 heavy (non-hydrogen) atoms. The maximum atomic E-state index is 15.8. The van der Waals surface area contributed by atoms with Crippen LogP contribution in [-0.4, -0.2) is 35.9 Å². The van der Waals surface area contributed by atoms with Gasteiger partial charge >= 0.3 is 18.1 Å². The Kier molecular flexibility index (Phi) is 7.71. The molecular formula is C30H25F4N5O4. The van der Waals surface area contributed by atoms with Crippen LogP contribution < -0.4 is 10.6 Å². The van der Waals surface area contributed by atoms with Gasteiger partial charge in [0.05, 0.1) is 43.0 Å². The van der Waals surface area contributed by atoms with E-state index in [1.807, 2.05) is 6.07 Å². The Balaban J connectivity index is 1.71. The second-order valence-corrected chi connectivity index (χ2v) is 9.86. The number of carbonyl (C=O) groups is 2. The van der Waals surface area contributed by atoms with Crippen molar-refractivity contribution in [3.8, 4) is 11.8 Å². The Morgan fingerprint density at radius 2 is 1.72 bits per heavy atom. The number of hydrogen-bond donors (Lipinski definition) is 1. The van der Waals surface area contributed by atoms with E-state index in [1.165, 1.54) is 12.1 Å². The standard InChI is InChI=1S/C30H25F4N5O4/c1-42-28(40)24-23(16-8-4-3-5-9-16)19(15-35)27(36)38(25(24)29(41)43-2)17-12-13-22(20(31)14-17)39-21-11-7-6-10-18(21)26(37-39)30(32,33)34/h3-5,8-9,12-14,23H,6-7,10-11,36H2,1-2H3. The van der Waals surface area contributed by atoms with Gasteiger partial charge in [-0.1, -0.05) is 30.3 Å². The van der Waals surface area contributed by atoms with Crippen LogP contribution in [0, 0.1) is 17.1 Å². The van der Waals surface area contributed by atoms with E-state index in [2.05, 4.69) is 5.10 Å². The number of hydrogen-bond acceptors (Lipinski definition) is 8. The third kappa shape index (κ3) is 4.98. The number of methoxy groups -OCH3 is 2. The highest BCUT2D eigenvalue weighted by Crippen LogP contribution is 2.44. The highest BCUT2D eigenvalue weighted by molar-refractivity contribution is 6.06. The largest absolute Gasteiger partial charge is 0.466 e. The van der Waals surface area contributed by atoms with Gasteiger partial charge in [-0.2, -0.15) is 23.5 Å². The monoisotopic (exact) mass is 595 g/mol. The van der Waals surface area contributed by atoms with Crippen LogP contribution in [0.25, 0.3) is 5.69 Å². The van der Waals surface area contributed by atoms with Crippen molar-refractivity contribution in [1.82, 2.24) is 9.78 Å². The number of aromatic nitrogens is 2. The predicted octanol–water partition coefficient (Wildman–Crippen LogP) is 4.81. The summed E-state index contributed by atoms with van der Waals surface area (Å²) in [7, 11) is 2.17. The molecule has 1 atom stereocenters. The zero-order valence-electron chi connectivity index (χ0n) is 23.0. The van der Waals surface area contributed by atoms with Gasteiger partial charge in [0.1, 0.15) is 17.2 Å². The maximum Gasteiger partial charge on any atom is 0.435 e. The fraction of sp³-hybridized carbons (Fsp3) is 0.267. The molecule has 2 aliphatic rings. The molecule has 13 heteroatoms. The number of carbonyl (C=O) groups excluding carboxylic acids is 2. The number of nitrogens with two attached hydrogens (primary N) is 1. The number of rotatable bonds is 5. The minimum atomic E-state index is -4.72. The van der Waals surface area contributed by atoms with E-state index < -0.39 is 41.2 Å². The number of halogens is 4. The van der Waals surface area contributed by atoms with E-state index in [0.29, 0.717) is 18.4 Å². The van der Waals surface area contributed by atoms with Crippen molar-refractivity contribution in [3.05, 3.63) is 99.5 Å². The van der Waals surface area contributed by atoms with Crippen molar-refractivity contribution >= 4 is 17.6 Å². The first-order chi connectivity index (χ1) is 20.5. The lowest BCUT2D eigenvalue weighted by molar-refractivity contribution is -0.142. The third-order valence-corrected chi connectivity index (χ3v) is 7.48. The number of nitrogens with zero attached hydrogens (tertiary/aromatic N) is 4. The van der Waals surface area contributed by atoms with Crippen LogP contribution in [0.3, 0.4) is 0 Å². The first kappa shape index (κ1) is 29.4. The Bertz CT molecular complexity index is 1720. The van der Waals surface area contributed by atoms with E-state index in [9.17, 15) is 28.0 Å². The average Bonchev–Trinajstić information content (AvgIpc) is 3.40. The van der Waals surface area contributed by atoms with Crippen LogP contribution in [0.2, 0.25) is 0 Å². The zero-order valence-corrected chi connectivity index (χ0v) is 23.0. The molecule has 5 rings (SSSR count). The number of anilines is 1. The first-order valence-corrected chi connectivity index (χ1v) is 13.2. The van der Waals surface area contributed by atoms with Gasteiger partial charge in [0.2, 0.25) is 0 Å². The van der Waals surface area contributed by atoms with Crippen molar-refractivity contribution in [3.63, 3.8) is 0 Å². The van der Waals surface area contributed by atoms with Gasteiger partial charge in [-0.05, 0) is 43.4 Å². The number of esters is 2. The lowest BCUT2D eigenvalue weighted by Crippen LogP contribution is -2.40. The Hall–Kier alpha value is -5.12. The number of allylic oxidation sites excluding steroid dienone is 1. The summed E-state index contributed by atoms with van der Waals surface area (Å²) < 4.78 is 68.0. The lowest BCUT2D eigenvalue weighted by Gasteiger charge is -2.36. The summed E-state index contributed by atoms with van der Waals surface area (Å²) in [6, 6.07) is 13.8. The van der Waals surface area contributed by atoms with Crippen molar-refractivity contribution in [2.75, 3.05) is 19.1 Å². The summed E-state index contributed by atoms with van der Waals surface area (Å²) in [5.41, 5.74) is 4.98. The number of ether oxygens (including phenoxy) is 2. The molecule has 0 bridgehead atoms. The molecule has 1 aliphatic carbocycles. The molecule has 222 valence electrons. The smallest absolute Gasteiger partial charge is 0.435 e. The van der Waals surface area contributed by atoms with Gasteiger partial charge in [0, 0.05) is 17.3 Å². The van der Waals surface area contributed by atoms with Gasteiger partial charge in [0.25, 0.3) is 0 Å². The van der Waals surface area contributed by atoms with Crippen LogP contribution in [0.5, 0.6) is 0 Å². The number of alkyl halides is 3. The Labute approximate surface area is 243 Å². The fourth-order valence-electron chi connectivity index (χ4n) is 5.61. The SMILES string of the molecule is COC(=O)C1=C(C(=O)OC)N(c2ccc(-n3nc(C(F)(F)F)c4c3CCCC4)c(F)c2)C(N)=C(C#N)C1c1ccccc1. The van der Waals surface area contributed by atoms with Crippen LogP contribution >= 0.6 is 0 Å². The molecule has 2 heterocycles. The minimum Gasteiger partial charge on any atom is -0.466 e. The van der Waals surface area contributed by atoms with Crippen molar-refractivity contribution < 1.29 is 36.6 Å². The number of fused-ring (bicyclic) bond motifs is 1. The molecule has 0 amide bonds. The average molecular weight is 596 g/mol. The molecule has 1 aromatic heterocycles. The molecule has 0 fully saturated rings. The fourth-order valence-corrected chi connectivity index (χ4v) is 5.61. The number of nitriles is 1. The van der Waals surface area contributed by atoms with E-state index in [0.717, 1.165) is 29.9 Å². The maximum absolute atomic E-state index is 15.8. The van der Waals surface area contributed by atoms with Crippen LogP contribution in [0.15, 0.2) is 71.2 Å². The molecule has 0 saturated carbocycles. The molecule has 2 aromatic carbocycles. The van der Waals surface area contributed by atoms with E-state index in [1.54, 1.807) is 30.3 Å². The van der Waals surface area contributed by atoms with Gasteiger partial charge in [-0.15, -0.1) is 0 Å². The summed E-state index contributed by atoms with van der Waals surface area (Å²) in [6.45, 7) is 0. The highest BCUT2D eigenvalue weighted by atomic mass is 19.4. The normalized spacial score (nSPS) is 17.0. The van der Waals surface area contributed by atoms with Gasteiger partial charge in [0.15, 0.2) is 11.5 Å². The summed E-state index contributed by atoms with van der Waals surface area (Å²) in [4.78, 5) is 27.4. The van der Waals surface area contributed by atoms with Crippen LogP contribution in [0.1, 0.15) is 41.3 Å². The topological polar surface area (TPSA) is 123 Å². The zero-order chi connectivity index (χ0) is 31.1. The van der Waals surface area contributed by atoms with Gasteiger partial charge in [-0.25, -0.2) is 18.7 Å². The van der Waals surface area contributed by atoms with Crippen molar-refractivity contribution in [2.24, 2.45) is 5.73 Å². The molecule has 0 spiro atoms. The second kappa shape index (κ2) is 11.3. The predicted molar refractivity (Wildman–Crippen MR) is 145 cm³/mol. The summed E-state index contributed by atoms with van der Waals surface area (Å²) in [5.74, 6) is -4.37. The summed E-state index contributed by atoms with van der Waals surface area (Å²) >= 11 is 0. The molecule has 9 nitrogen and oxygen atoms in total. The molecule has 0 saturated heterocycles. The third-order valence-electron chi connectivity index (χ3n) is 7.48. The van der Waals surface area contributed by atoms with Crippen LogP contribution in [-0.2, 0) is 38.1 Å². The van der Waals surface area contributed by atoms with Gasteiger partial charge in [-0.3, -0.25) is 4.90 Å². The Morgan fingerprint density at radius 1 is 1.05 bits per heavy atom. The molecular weight excluding hydrogens is 570 g/mol. The van der Waals surface area contributed by atoms with E-state index >= 15 is 4.39 Å². The first-order valence-electron chi connectivity index (χ1n) is 13.2. The Morgan fingerprint density at radius 3 is 2.33 bits per heavy atom. The van der Waals surface area contributed by atoms with Crippen molar-refractivity contribution in [2.45, 2.75) is 37.8 Å².